The molecule has 0 spiro atoms. The summed E-state index contributed by atoms with van der Waals surface area (Å²) in [4.78, 5) is 0. The van der Waals surface area contributed by atoms with Crippen LogP contribution in [0, 0.1) is 0 Å². The zero-order valence-corrected chi connectivity index (χ0v) is 10.4. The predicted octanol–water partition coefficient (Wildman–Crippen LogP) is 3.00. The van der Waals surface area contributed by atoms with E-state index < -0.39 is 8.32 Å². The van der Waals surface area contributed by atoms with Crippen LogP contribution in [0.25, 0.3) is 0 Å². The predicted molar refractivity (Wildman–Crippen MR) is 54.8 cm³/mol. The Morgan fingerprint density at radius 2 is 1.58 bits per heavy atom. The lowest BCUT2D eigenvalue weighted by Gasteiger charge is -2.37. The molecule has 0 fully saturated rings. The number of ether oxygens (including phenoxy) is 1. The summed E-state index contributed by atoms with van der Waals surface area (Å²) >= 11 is 0. The van der Waals surface area contributed by atoms with Crippen molar-refractivity contribution in [2.75, 3.05) is 7.11 Å². The second kappa shape index (κ2) is 3.90. The van der Waals surface area contributed by atoms with E-state index in [0.29, 0.717) is 0 Å². The van der Waals surface area contributed by atoms with Crippen molar-refractivity contribution in [3.8, 4) is 0 Å². The Bertz CT molecular complexity index is 138. The van der Waals surface area contributed by atoms with E-state index in [2.05, 4.69) is 33.9 Å². The Balaban J connectivity index is 4.22. The molecule has 0 aromatic rings. The van der Waals surface area contributed by atoms with Gasteiger partial charge in [-0.05, 0) is 25.1 Å². The van der Waals surface area contributed by atoms with Crippen molar-refractivity contribution in [2.24, 2.45) is 0 Å². The smallest absolute Gasteiger partial charge is 0.195 e. The van der Waals surface area contributed by atoms with Gasteiger partial charge in [0, 0.05) is 7.11 Å². The molecule has 0 saturated heterocycles. The third kappa shape index (κ3) is 3.25. The van der Waals surface area contributed by atoms with E-state index in [-0.39, 0.29) is 11.3 Å². The van der Waals surface area contributed by atoms with E-state index in [1.54, 1.807) is 7.11 Å². The Hall–Kier alpha value is 0.137. The maximum Gasteiger partial charge on any atom is 0.195 e. The summed E-state index contributed by atoms with van der Waals surface area (Å²) in [7, 11) is 0.0644. The zero-order valence-electron chi connectivity index (χ0n) is 9.39. The lowest BCUT2D eigenvalue weighted by atomic mass is 10.2. The van der Waals surface area contributed by atoms with Crippen molar-refractivity contribution >= 4 is 8.32 Å². The summed E-state index contributed by atoms with van der Waals surface area (Å²) in [6.07, 6.45) is -0.0779. The van der Waals surface area contributed by atoms with Gasteiger partial charge in [0.25, 0.3) is 0 Å². The van der Waals surface area contributed by atoms with Crippen LogP contribution in [0.15, 0.2) is 0 Å². The summed E-state index contributed by atoms with van der Waals surface area (Å²) in [5.74, 6) is 0. The van der Waals surface area contributed by atoms with Crippen molar-refractivity contribution < 1.29 is 9.16 Å². The van der Waals surface area contributed by atoms with Gasteiger partial charge in [0.2, 0.25) is 0 Å². The van der Waals surface area contributed by atoms with Crippen molar-refractivity contribution in [3.05, 3.63) is 0 Å². The number of rotatable bonds is 3. The second-order valence-electron chi connectivity index (χ2n) is 4.68. The molecule has 0 saturated carbocycles. The van der Waals surface area contributed by atoms with Crippen LogP contribution in [-0.4, -0.2) is 21.7 Å². The summed E-state index contributed by atoms with van der Waals surface area (Å²) < 4.78 is 11.0. The van der Waals surface area contributed by atoms with Gasteiger partial charge in [0.05, 0.1) is 0 Å². The molecule has 0 aliphatic carbocycles. The molecule has 0 aromatic heterocycles. The number of hydrogen-bond donors (Lipinski definition) is 0. The highest BCUT2D eigenvalue weighted by Gasteiger charge is 2.38. The molecule has 74 valence electrons. The van der Waals surface area contributed by atoms with Gasteiger partial charge in [-0.3, -0.25) is 0 Å². The van der Waals surface area contributed by atoms with E-state index in [4.69, 9.17) is 9.16 Å². The second-order valence-corrected chi connectivity index (χ2v) is 9.44. The van der Waals surface area contributed by atoms with Crippen LogP contribution in [-0.2, 0) is 9.16 Å². The van der Waals surface area contributed by atoms with Crippen LogP contribution in [0.1, 0.15) is 27.7 Å². The van der Waals surface area contributed by atoms with Gasteiger partial charge in [0.15, 0.2) is 8.32 Å². The first-order valence-electron chi connectivity index (χ1n) is 4.41. The average Bonchev–Trinajstić information content (AvgIpc) is 1.84. The largest absolute Gasteiger partial charge is 0.392 e. The minimum Gasteiger partial charge on any atom is -0.392 e. The average molecular weight is 190 g/mol. The fourth-order valence-electron chi connectivity index (χ4n) is 0.640. The van der Waals surface area contributed by atoms with Crippen LogP contribution in [0.3, 0.4) is 0 Å². The standard InChI is InChI=1S/C9H22O2Si/c1-8(10-5)11-12(6,7)9(2,3)4/h8H,1-7H3. The Kier molecular flexibility index (Phi) is 3.94. The van der Waals surface area contributed by atoms with Crippen LogP contribution in [0.2, 0.25) is 18.1 Å². The lowest BCUT2D eigenvalue weighted by Crippen LogP contribution is -2.43. The lowest BCUT2D eigenvalue weighted by molar-refractivity contribution is -0.0478. The van der Waals surface area contributed by atoms with Gasteiger partial charge in [0.1, 0.15) is 6.29 Å². The summed E-state index contributed by atoms with van der Waals surface area (Å²) in [5.41, 5.74) is 0. The Morgan fingerprint density at radius 1 is 1.17 bits per heavy atom. The first kappa shape index (κ1) is 12.1. The van der Waals surface area contributed by atoms with Gasteiger partial charge in [-0.15, -0.1) is 0 Å². The van der Waals surface area contributed by atoms with E-state index in [1.807, 2.05) is 6.92 Å². The Morgan fingerprint density at radius 3 is 1.83 bits per heavy atom. The summed E-state index contributed by atoms with van der Waals surface area (Å²) in [6, 6.07) is 0. The van der Waals surface area contributed by atoms with E-state index in [9.17, 15) is 0 Å². The van der Waals surface area contributed by atoms with Crippen LogP contribution in [0.4, 0.5) is 0 Å². The fourth-order valence-corrected chi connectivity index (χ4v) is 1.92. The monoisotopic (exact) mass is 190 g/mol. The molecule has 0 aromatic carbocycles. The van der Waals surface area contributed by atoms with Crippen LogP contribution < -0.4 is 0 Å². The molecule has 0 aliphatic rings. The molecule has 3 heteroatoms. The maximum atomic E-state index is 5.87. The molecule has 0 radical (unpaired) electrons. The number of hydrogen-bond acceptors (Lipinski definition) is 2. The van der Waals surface area contributed by atoms with Gasteiger partial charge in [-0.1, -0.05) is 20.8 Å². The van der Waals surface area contributed by atoms with Crippen molar-refractivity contribution in [3.63, 3.8) is 0 Å². The molecule has 0 aliphatic heterocycles. The topological polar surface area (TPSA) is 18.5 Å². The maximum absolute atomic E-state index is 5.87. The first-order chi connectivity index (χ1) is 5.20. The molecule has 1 atom stereocenters. The molecular formula is C9H22O2Si. The Labute approximate surface area is 77.4 Å². The zero-order chi connectivity index (χ0) is 9.99. The molecular weight excluding hydrogens is 168 g/mol. The molecule has 0 rings (SSSR count). The molecule has 0 bridgehead atoms. The minimum atomic E-state index is -1.61. The van der Waals surface area contributed by atoms with Crippen molar-refractivity contribution in [1.82, 2.24) is 0 Å². The highest BCUT2D eigenvalue weighted by atomic mass is 28.4. The van der Waals surface area contributed by atoms with E-state index >= 15 is 0 Å². The molecule has 12 heavy (non-hydrogen) atoms. The molecule has 0 amide bonds. The SMILES string of the molecule is COC(C)O[Si](C)(C)C(C)(C)C. The van der Waals surface area contributed by atoms with E-state index in [1.165, 1.54) is 0 Å². The van der Waals surface area contributed by atoms with Crippen LogP contribution >= 0.6 is 0 Å². The van der Waals surface area contributed by atoms with Gasteiger partial charge >= 0.3 is 0 Å². The summed E-state index contributed by atoms with van der Waals surface area (Å²) in [6.45, 7) is 13.1. The molecule has 0 heterocycles. The third-order valence-electron chi connectivity index (χ3n) is 2.60. The molecule has 0 N–H and O–H groups in total. The van der Waals surface area contributed by atoms with Crippen molar-refractivity contribution in [2.45, 2.75) is 52.1 Å². The minimum absolute atomic E-state index is 0.0779. The van der Waals surface area contributed by atoms with Gasteiger partial charge < -0.3 is 9.16 Å². The van der Waals surface area contributed by atoms with Crippen LogP contribution in [0.5, 0.6) is 0 Å². The molecule has 1 unspecified atom stereocenters. The number of methoxy groups -OCH3 is 1. The molecule has 2 nitrogen and oxygen atoms in total. The highest BCUT2D eigenvalue weighted by Crippen LogP contribution is 2.37. The third-order valence-corrected chi connectivity index (χ3v) is 7.13. The first-order valence-corrected chi connectivity index (χ1v) is 7.32. The highest BCUT2D eigenvalue weighted by molar-refractivity contribution is 6.74. The fraction of sp³-hybridized carbons (Fsp3) is 1.00. The summed E-state index contributed by atoms with van der Waals surface area (Å²) in [5, 5.41) is 0.264. The van der Waals surface area contributed by atoms with E-state index in [0.717, 1.165) is 0 Å². The van der Waals surface area contributed by atoms with Crippen molar-refractivity contribution in [1.29, 1.82) is 0 Å². The quantitative estimate of drug-likeness (QED) is 0.503. The van der Waals surface area contributed by atoms with Gasteiger partial charge in [-0.2, -0.15) is 0 Å². The normalized spacial score (nSPS) is 16.2. The van der Waals surface area contributed by atoms with Gasteiger partial charge in [-0.25, -0.2) is 0 Å².